The molecule has 4 rings (SSSR count). The summed E-state index contributed by atoms with van der Waals surface area (Å²) in [6.45, 7) is 11.3. The lowest BCUT2D eigenvalue weighted by atomic mass is 9.46. The van der Waals surface area contributed by atoms with Crippen molar-refractivity contribution in [2.75, 3.05) is 0 Å². The van der Waals surface area contributed by atoms with E-state index in [0.29, 0.717) is 40.8 Å². The van der Waals surface area contributed by atoms with E-state index in [1.807, 2.05) is 19.9 Å². The quantitative estimate of drug-likeness (QED) is 0.579. The van der Waals surface area contributed by atoms with Crippen LogP contribution >= 0.6 is 0 Å². The van der Waals surface area contributed by atoms with Crippen LogP contribution in [-0.2, 0) is 4.79 Å². The van der Waals surface area contributed by atoms with Gasteiger partial charge in [0.15, 0.2) is 0 Å². The van der Waals surface area contributed by atoms with Crippen molar-refractivity contribution in [2.45, 2.75) is 105 Å². The molecular formula is C27H44O3. The van der Waals surface area contributed by atoms with E-state index in [0.717, 1.165) is 37.7 Å². The molecule has 0 aliphatic heterocycles. The van der Waals surface area contributed by atoms with E-state index in [2.05, 4.69) is 20.8 Å². The van der Waals surface area contributed by atoms with Gasteiger partial charge in [-0.2, -0.15) is 0 Å². The zero-order chi connectivity index (χ0) is 21.8. The summed E-state index contributed by atoms with van der Waals surface area (Å²) in [5.41, 5.74) is 1.56. The molecule has 9 atom stereocenters. The van der Waals surface area contributed by atoms with E-state index >= 15 is 0 Å². The van der Waals surface area contributed by atoms with Crippen LogP contribution < -0.4 is 0 Å². The van der Waals surface area contributed by atoms with Crippen LogP contribution in [-0.4, -0.2) is 28.2 Å². The number of carbonyl (C=O) groups is 1. The van der Waals surface area contributed by atoms with Crippen molar-refractivity contribution in [3.8, 4) is 0 Å². The molecule has 0 aromatic carbocycles. The van der Waals surface area contributed by atoms with Gasteiger partial charge in [-0.3, -0.25) is 4.79 Å². The van der Waals surface area contributed by atoms with E-state index in [9.17, 15) is 15.0 Å². The van der Waals surface area contributed by atoms with E-state index < -0.39 is 0 Å². The maximum absolute atomic E-state index is 12.2. The molecule has 30 heavy (non-hydrogen) atoms. The molecule has 0 spiro atoms. The summed E-state index contributed by atoms with van der Waals surface area (Å²) >= 11 is 0. The van der Waals surface area contributed by atoms with Crippen LogP contribution in [0.15, 0.2) is 11.6 Å². The van der Waals surface area contributed by atoms with Gasteiger partial charge in [0.2, 0.25) is 0 Å². The van der Waals surface area contributed by atoms with Gasteiger partial charge in [0.05, 0.1) is 12.2 Å². The predicted molar refractivity (Wildman–Crippen MR) is 121 cm³/mol. The lowest BCUT2D eigenvalue weighted by Crippen LogP contribution is -2.54. The maximum atomic E-state index is 12.2. The Kier molecular flexibility index (Phi) is 6.03. The first-order chi connectivity index (χ1) is 14.1. The van der Waals surface area contributed by atoms with E-state index in [1.165, 1.54) is 25.7 Å². The molecule has 3 heteroatoms. The van der Waals surface area contributed by atoms with E-state index in [-0.39, 0.29) is 23.5 Å². The minimum Gasteiger partial charge on any atom is -0.389 e. The van der Waals surface area contributed by atoms with Gasteiger partial charge in [-0.25, -0.2) is 0 Å². The Labute approximate surface area is 183 Å². The van der Waals surface area contributed by atoms with Crippen LogP contribution in [0.1, 0.15) is 92.4 Å². The second-order valence-corrected chi connectivity index (χ2v) is 12.1. The van der Waals surface area contributed by atoms with Crippen molar-refractivity contribution in [1.82, 2.24) is 0 Å². The first-order valence-electron chi connectivity index (χ1n) is 12.7. The molecule has 0 unspecified atom stereocenters. The Morgan fingerprint density at radius 2 is 1.80 bits per heavy atom. The lowest BCUT2D eigenvalue weighted by Gasteiger charge is -2.60. The summed E-state index contributed by atoms with van der Waals surface area (Å²) in [6.07, 6.45) is 10.8. The van der Waals surface area contributed by atoms with Crippen molar-refractivity contribution < 1.29 is 15.0 Å². The molecule has 0 aromatic rings. The average Bonchev–Trinajstić information content (AvgIpc) is 3.04. The minimum atomic E-state index is -0.381. The van der Waals surface area contributed by atoms with Crippen LogP contribution in [0, 0.1) is 46.3 Å². The second kappa shape index (κ2) is 8.03. The number of ketones is 1. The molecule has 0 heterocycles. The van der Waals surface area contributed by atoms with Crippen molar-refractivity contribution >= 4 is 5.78 Å². The smallest absolute Gasteiger partial charge is 0.135 e. The van der Waals surface area contributed by atoms with Crippen LogP contribution in [0.3, 0.4) is 0 Å². The number of rotatable bonds is 5. The largest absolute Gasteiger partial charge is 0.389 e. The normalized spacial score (nSPS) is 46.6. The zero-order valence-corrected chi connectivity index (χ0v) is 19.9. The summed E-state index contributed by atoms with van der Waals surface area (Å²) in [5.74, 6) is 3.82. The number of aliphatic hydroxyl groups is 2. The molecule has 0 bridgehead atoms. The van der Waals surface area contributed by atoms with Crippen LogP contribution in [0.5, 0.6) is 0 Å². The molecule has 0 amide bonds. The van der Waals surface area contributed by atoms with Gasteiger partial charge in [-0.05, 0) is 97.4 Å². The predicted octanol–water partition coefficient (Wildman–Crippen LogP) is 5.54. The van der Waals surface area contributed by atoms with Gasteiger partial charge >= 0.3 is 0 Å². The van der Waals surface area contributed by atoms with Gasteiger partial charge in [0.25, 0.3) is 0 Å². The molecule has 3 saturated carbocycles. The van der Waals surface area contributed by atoms with Gasteiger partial charge < -0.3 is 10.2 Å². The summed E-state index contributed by atoms with van der Waals surface area (Å²) in [7, 11) is 0. The number of hydrogen-bond acceptors (Lipinski definition) is 3. The third kappa shape index (κ3) is 3.52. The molecule has 0 radical (unpaired) electrons. The van der Waals surface area contributed by atoms with Gasteiger partial charge in [0, 0.05) is 12.3 Å². The standard InChI is InChI=1S/C27H44O3/c1-16(2)24(29)9-6-17(3)20-7-8-21-19-15-25(30)23-14-18(28)10-12-27(23,5)22(19)11-13-26(20,21)4/h14,16-22,25,28,30H,6-13,15H2,1-5H3/t17-,18+,19+,20-,21+,22+,25-,26-,27-/m1/s1. The first-order valence-corrected chi connectivity index (χ1v) is 12.7. The Hall–Kier alpha value is -0.670. The summed E-state index contributed by atoms with van der Waals surface area (Å²) in [5, 5.41) is 21.3. The Bertz CT molecular complexity index is 696. The topological polar surface area (TPSA) is 57.5 Å². The third-order valence-electron chi connectivity index (χ3n) is 10.4. The number of aliphatic hydroxyl groups excluding tert-OH is 2. The maximum Gasteiger partial charge on any atom is 0.135 e. The molecule has 3 nitrogen and oxygen atoms in total. The van der Waals surface area contributed by atoms with Crippen molar-refractivity contribution in [2.24, 2.45) is 46.3 Å². The number of hydrogen-bond donors (Lipinski definition) is 2. The first kappa shape index (κ1) is 22.5. The van der Waals surface area contributed by atoms with Crippen molar-refractivity contribution in [3.63, 3.8) is 0 Å². The van der Waals surface area contributed by atoms with Gasteiger partial charge in [-0.15, -0.1) is 0 Å². The number of fused-ring (bicyclic) bond motifs is 5. The molecule has 0 aromatic heterocycles. The van der Waals surface area contributed by atoms with Gasteiger partial charge in [0.1, 0.15) is 5.78 Å². The highest BCUT2D eigenvalue weighted by Gasteiger charge is 2.60. The second-order valence-electron chi connectivity index (χ2n) is 12.1. The monoisotopic (exact) mass is 416 g/mol. The Morgan fingerprint density at radius 3 is 2.50 bits per heavy atom. The van der Waals surface area contributed by atoms with E-state index in [4.69, 9.17) is 0 Å². The van der Waals surface area contributed by atoms with Crippen LogP contribution in [0.2, 0.25) is 0 Å². The molecule has 4 aliphatic carbocycles. The highest BCUT2D eigenvalue weighted by molar-refractivity contribution is 5.80. The lowest BCUT2D eigenvalue weighted by molar-refractivity contribution is -0.122. The van der Waals surface area contributed by atoms with Crippen LogP contribution in [0.25, 0.3) is 0 Å². The molecule has 0 saturated heterocycles. The van der Waals surface area contributed by atoms with Gasteiger partial charge in [-0.1, -0.05) is 40.7 Å². The van der Waals surface area contributed by atoms with Crippen LogP contribution in [0.4, 0.5) is 0 Å². The van der Waals surface area contributed by atoms with Crippen molar-refractivity contribution in [1.29, 1.82) is 0 Å². The molecule has 2 N–H and O–H groups in total. The highest BCUT2D eigenvalue weighted by atomic mass is 16.3. The molecule has 3 fully saturated rings. The fraction of sp³-hybridized carbons (Fsp3) is 0.889. The van der Waals surface area contributed by atoms with E-state index in [1.54, 1.807) is 0 Å². The summed E-state index contributed by atoms with van der Waals surface area (Å²) in [6, 6.07) is 0. The summed E-state index contributed by atoms with van der Waals surface area (Å²) < 4.78 is 0. The molecule has 170 valence electrons. The third-order valence-corrected chi connectivity index (χ3v) is 10.4. The summed E-state index contributed by atoms with van der Waals surface area (Å²) in [4.78, 5) is 12.2. The Balaban J connectivity index is 1.52. The number of Topliss-reactive ketones (excluding diaryl/α,β-unsaturated/α-hetero) is 1. The minimum absolute atomic E-state index is 0.0658. The highest BCUT2D eigenvalue weighted by Crippen LogP contribution is 2.67. The van der Waals surface area contributed by atoms with Crippen molar-refractivity contribution in [3.05, 3.63) is 11.6 Å². The average molecular weight is 417 g/mol. The fourth-order valence-electron chi connectivity index (χ4n) is 8.59. The Morgan fingerprint density at radius 1 is 1.07 bits per heavy atom. The zero-order valence-electron chi connectivity index (χ0n) is 19.9. The molecule has 4 aliphatic rings. The fourth-order valence-corrected chi connectivity index (χ4v) is 8.59. The number of carbonyl (C=O) groups excluding carboxylic acids is 1. The molecular weight excluding hydrogens is 372 g/mol. The SMILES string of the molecule is CC(C)C(=O)CC[C@@H](C)[C@H]1CC[C@H]2[C@@H]3C[C@@H](O)C4=C[C@@H](O)CC[C@]4(C)[C@H]3CC[C@]12C.